The maximum atomic E-state index is 12.5. The molecule has 0 aromatic heterocycles. The first-order valence-corrected chi connectivity index (χ1v) is 9.54. The fourth-order valence-electron chi connectivity index (χ4n) is 2.85. The van der Waals surface area contributed by atoms with Crippen molar-refractivity contribution >= 4 is 23.6 Å². The molecule has 0 unspecified atom stereocenters. The molecule has 0 bridgehead atoms. The first kappa shape index (κ1) is 17.4. The summed E-state index contributed by atoms with van der Waals surface area (Å²) in [6.07, 6.45) is 7.09. The molecule has 2 fully saturated rings. The van der Waals surface area contributed by atoms with E-state index < -0.39 is 0 Å². The highest BCUT2D eigenvalue weighted by Gasteiger charge is 2.34. The summed E-state index contributed by atoms with van der Waals surface area (Å²) in [6.45, 7) is 6.31. The second kappa shape index (κ2) is 8.04. The minimum atomic E-state index is -0.314. The van der Waals surface area contributed by atoms with Gasteiger partial charge in [-0.25, -0.2) is 0 Å². The fraction of sp³-hybridized carbons (Fsp3) is 0.765. The molecule has 124 valence electrons. The van der Waals surface area contributed by atoms with Gasteiger partial charge in [0.1, 0.15) is 6.04 Å². The summed E-state index contributed by atoms with van der Waals surface area (Å²) >= 11 is 1.66. The van der Waals surface area contributed by atoms with Gasteiger partial charge >= 0.3 is 0 Å². The molecule has 2 aliphatic rings. The molecule has 0 aromatic rings. The molecule has 1 aliphatic carbocycles. The first-order chi connectivity index (χ1) is 10.5. The molecular weight excluding hydrogens is 296 g/mol. The summed E-state index contributed by atoms with van der Waals surface area (Å²) in [5, 5.41) is 3.00. The molecule has 0 aromatic carbocycles. The number of hydrogen-bond acceptors (Lipinski definition) is 3. The van der Waals surface area contributed by atoms with Crippen molar-refractivity contribution in [2.75, 3.05) is 11.6 Å². The van der Waals surface area contributed by atoms with Crippen molar-refractivity contribution in [2.24, 2.45) is 5.92 Å². The van der Waals surface area contributed by atoms with Gasteiger partial charge < -0.3 is 10.2 Å². The summed E-state index contributed by atoms with van der Waals surface area (Å²) in [6, 6.07) is -0.154. The number of nitrogens with zero attached hydrogens (tertiary/aromatic N) is 1. The van der Waals surface area contributed by atoms with Crippen LogP contribution in [-0.2, 0) is 9.59 Å². The number of carbonyl (C=O) groups is 2. The minimum absolute atomic E-state index is 0.0108. The zero-order chi connectivity index (χ0) is 16.1. The molecular formula is C17H28N2O2S. The number of rotatable bonds is 4. The maximum Gasteiger partial charge on any atom is 0.247 e. The van der Waals surface area contributed by atoms with Gasteiger partial charge in [0.05, 0.1) is 5.88 Å². The van der Waals surface area contributed by atoms with Crippen LogP contribution in [0.2, 0.25) is 0 Å². The lowest BCUT2D eigenvalue weighted by Gasteiger charge is -2.25. The lowest BCUT2D eigenvalue weighted by molar-refractivity contribution is -0.135. The largest absolute Gasteiger partial charge is 0.352 e. The van der Waals surface area contributed by atoms with Crippen LogP contribution >= 0.6 is 11.8 Å². The number of carbonyl (C=O) groups excluding carboxylic acids is 2. The third-order valence-electron chi connectivity index (χ3n) is 4.71. The monoisotopic (exact) mass is 324 g/mol. The van der Waals surface area contributed by atoms with Crippen LogP contribution in [0, 0.1) is 5.92 Å². The molecule has 0 spiro atoms. The van der Waals surface area contributed by atoms with Gasteiger partial charge in [-0.3, -0.25) is 9.59 Å². The minimum Gasteiger partial charge on any atom is -0.352 e. The molecule has 2 rings (SSSR count). The summed E-state index contributed by atoms with van der Waals surface area (Å²) in [5.74, 6) is 2.09. The molecule has 2 amide bonds. The van der Waals surface area contributed by atoms with E-state index >= 15 is 0 Å². The van der Waals surface area contributed by atoms with Crippen molar-refractivity contribution in [3.8, 4) is 0 Å². The Morgan fingerprint density at radius 3 is 2.73 bits per heavy atom. The third kappa shape index (κ3) is 4.51. The van der Waals surface area contributed by atoms with E-state index in [1.807, 2.05) is 13.8 Å². The highest BCUT2D eigenvalue weighted by atomic mass is 32.2. The van der Waals surface area contributed by atoms with Gasteiger partial charge in [-0.05, 0) is 44.9 Å². The number of nitrogens with one attached hydrogen (secondary N) is 1. The second-order valence-corrected chi connectivity index (χ2v) is 7.63. The van der Waals surface area contributed by atoms with Gasteiger partial charge in [0.25, 0.3) is 0 Å². The van der Waals surface area contributed by atoms with E-state index in [1.54, 1.807) is 22.7 Å². The number of thioether (sulfide) groups is 1. The van der Waals surface area contributed by atoms with Gasteiger partial charge in [0.2, 0.25) is 11.8 Å². The molecule has 5 heteroatoms. The van der Waals surface area contributed by atoms with Crippen LogP contribution in [0.3, 0.4) is 0 Å². The third-order valence-corrected chi connectivity index (χ3v) is 5.73. The molecule has 1 N–H and O–H groups in total. The van der Waals surface area contributed by atoms with E-state index in [2.05, 4.69) is 12.2 Å². The van der Waals surface area contributed by atoms with Gasteiger partial charge in [-0.2, -0.15) is 0 Å². The lowest BCUT2D eigenvalue weighted by atomic mass is 9.87. The van der Waals surface area contributed by atoms with Crippen molar-refractivity contribution in [2.45, 2.75) is 65.0 Å². The molecule has 4 nitrogen and oxygen atoms in total. The number of amides is 2. The fourth-order valence-corrected chi connectivity index (χ4v) is 4.02. The van der Waals surface area contributed by atoms with Crippen LogP contribution in [0.5, 0.6) is 0 Å². The standard InChI is InChI=1S/C17H28N2O2S/c1-4-13(3)18-17(21)15-10-22-11-19(15)16(20)9-14-7-5-12(2)6-8-14/h9,12-13,15H,4-8,10-11H2,1-3H3,(H,18,21)/t12?,13-,15-/m1/s1. The van der Waals surface area contributed by atoms with Gasteiger partial charge in [-0.1, -0.05) is 19.4 Å². The van der Waals surface area contributed by atoms with E-state index in [9.17, 15) is 9.59 Å². The van der Waals surface area contributed by atoms with Gasteiger partial charge in [0.15, 0.2) is 0 Å². The molecule has 1 saturated carbocycles. The molecule has 1 heterocycles. The second-order valence-electron chi connectivity index (χ2n) is 6.63. The maximum absolute atomic E-state index is 12.5. The van der Waals surface area contributed by atoms with Crippen molar-refractivity contribution in [1.82, 2.24) is 10.2 Å². The predicted molar refractivity (Wildman–Crippen MR) is 91.6 cm³/mol. The van der Waals surface area contributed by atoms with Gasteiger partial charge in [-0.15, -0.1) is 11.8 Å². The smallest absolute Gasteiger partial charge is 0.247 e. The van der Waals surface area contributed by atoms with Crippen LogP contribution in [0.1, 0.15) is 52.9 Å². The van der Waals surface area contributed by atoms with E-state index in [4.69, 9.17) is 0 Å². The topological polar surface area (TPSA) is 49.4 Å². The van der Waals surface area contributed by atoms with E-state index in [-0.39, 0.29) is 23.9 Å². The first-order valence-electron chi connectivity index (χ1n) is 8.39. The Morgan fingerprint density at radius 1 is 1.41 bits per heavy atom. The molecule has 1 saturated heterocycles. The summed E-state index contributed by atoms with van der Waals surface area (Å²) in [7, 11) is 0. The Kier molecular flexibility index (Phi) is 6.36. The van der Waals surface area contributed by atoms with E-state index in [0.717, 1.165) is 25.2 Å². The average Bonchev–Trinajstić information content (AvgIpc) is 2.99. The van der Waals surface area contributed by atoms with Crippen LogP contribution in [0.4, 0.5) is 0 Å². The summed E-state index contributed by atoms with van der Waals surface area (Å²) in [4.78, 5) is 26.6. The number of allylic oxidation sites excluding steroid dienone is 1. The molecule has 22 heavy (non-hydrogen) atoms. The Hall–Kier alpha value is -0.970. The van der Waals surface area contributed by atoms with Crippen LogP contribution in [-0.4, -0.2) is 40.4 Å². The van der Waals surface area contributed by atoms with Crippen LogP contribution in [0.15, 0.2) is 11.6 Å². The zero-order valence-electron chi connectivity index (χ0n) is 13.9. The Morgan fingerprint density at radius 2 is 2.09 bits per heavy atom. The van der Waals surface area contributed by atoms with Gasteiger partial charge in [0, 0.05) is 17.9 Å². The lowest BCUT2D eigenvalue weighted by Crippen LogP contribution is -2.49. The Balaban J connectivity index is 1.96. The summed E-state index contributed by atoms with van der Waals surface area (Å²) < 4.78 is 0. The highest BCUT2D eigenvalue weighted by Crippen LogP contribution is 2.28. The van der Waals surface area contributed by atoms with Crippen molar-refractivity contribution in [3.05, 3.63) is 11.6 Å². The van der Waals surface area contributed by atoms with Crippen LogP contribution in [0.25, 0.3) is 0 Å². The van der Waals surface area contributed by atoms with Crippen molar-refractivity contribution in [1.29, 1.82) is 0 Å². The average molecular weight is 324 g/mol. The van der Waals surface area contributed by atoms with Crippen molar-refractivity contribution in [3.63, 3.8) is 0 Å². The Labute approximate surface area is 138 Å². The predicted octanol–water partition coefficient (Wildman–Crippen LogP) is 2.94. The van der Waals surface area contributed by atoms with Crippen molar-refractivity contribution < 1.29 is 9.59 Å². The Bertz CT molecular complexity index is 440. The SMILES string of the molecule is CC[C@@H](C)NC(=O)[C@H]1CSCN1C(=O)C=C1CCC(C)CC1. The molecule has 2 atom stereocenters. The highest BCUT2D eigenvalue weighted by molar-refractivity contribution is 7.99. The molecule has 0 radical (unpaired) electrons. The summed E-state index contributed by atoms with van der Waals surface area (Å²) in [5.41, 5.74) is 1.25. The van der Waals surface area contributed by atoms with Crippen LogP contribution < -0.4 is 5.32 Å². The molecule has 1 aliphatic heterocycles. The quantitative estimate of drug-likeness (QED) is 0.809. The van der Waals surface area contributed by atoms with E-state index in [0.29, 0.717) is 11.6 Å². The zero-order valence-corrected chi connectivity index (χ0v) is 14.7. The normalized spacial score (nSPS) is 26.7. The van der Waals surface area contributed by atoms with E-state index in [1.165, 1.54) is 18.4 Å². The number of hydrogen-bond donors (Lipinski definition) is 1.